The van der Waals surface area contributed by atoms with Gasteiger partial charge in [0.2, 0.25) is 0 Å². The molecule has 3 rings (SSSR count). The predicted molar refractivity (Wildman–Crippen MR) is 90.4 cm³/mol. The summed E-state index contributed by atoms with van der Waals surface area (Å²) in [5.74, 6) is 0.719. The van der Waals surface area contributed by atoms with Gasteiger partial charge in [-0.15, -0.1) is 0 Å². The van der Waals surface area contributed by atoms with Crippen LogP contribution in [0.15, 0.2) is 6.33 Å². The molecule has 0 saturated carbocycles. The van der Waals surface area contributed by atoms with Crippen molar-refractivity contribution in [3.8, 4) is 6.07 Å². The number of fused-ring (bicyclic) bond motifs is 1. The highest BCUT2D eigenvalue weighted by molar-refractivity contribution is 5.93. The van der Waals surface area contributed by atoms with Crippen molar-refractivity contribution >= 4 is 10.9 Å². The molecule has 0 amide bonds. The summed E-state index contributed by atoms with van der Waals surface area (Å²) in [6.45, 7) is 11.1. The zero-order chi connectivity index (χ0) is 16.9. The minimum Gasteiger partial charge on any atom is -0.324 e. The lowest BCUT2D eigenvalue weighted by Gasteiger charge is -2.14. The molecule has 0 aliphatic rings. The van der Waals surface area contributed by atoms with Crippen molar-refractivity contribution < 1.29 is 0 Å². The summed E-state index contributed by atoms with van der Waals surface area (Å²) in [6, 6.07) is 2.37. The first-order valence-corrected chi connectivity index (χ1v) is 7.70. The van der Waals surface area contributed by atoms with Gasteiger partial charge in [0.25, 0.3) is 0 Å². The van der Waals surface area contributed by atoms with E-state index in [0.717, 1.165) is 16.9 Å². The summed E-state index contributed by atoms with van der Waals surface area (Å²) in [5, 5.41) is 15.2. The van der Waals surface area contributed by atoms with Gasteiger partial charge in [0.15, 0.2) is 5.82 Å². The fourth-order valence-corrected chi connectivity index (χ4v) is 3.42. The predicted octanol–water partition coefficient (Wildman–Crippen LogP) is 3.23. The smallest absolute Gasteiger partial charge is 0.170 e. The van der Waals surface area contributed by atoms with Gasteiger partial charge < -0.3 is 4.57 Å². The fraction of sp³-hybridized carbons (Fsp3) is 0.389. The number of benzene rings is 1. The molecule has 0 unspecified atom stereocenters. The number of nitrogens with zero attached hydrogens (tertiary/aromatic N) is 5. The van der Waals surface area contributed by atoms with Gasteiger partial charge in [0.1, 0.15) is 18.1 Å². The molecule has 118 valence electrons. The van der Waals surface area contributed by atoms with E-state index in [1.165, 1.54) is 27.6 Å². The van der Waals surface area contributed by atoms with Crippen LogP contribution in [0.25, 0.3) is 10.9 Å². The lowest BCUT2D eigenvalue weighted by Crippen LogP contribution is -2.06. The summed E-state index contributed by atoms with van der Waals surface area (Å²) in [6.07, 6.45) is 1.69. The van der Waals surface area contributed by atoms with Crippen molar-refractivity contribution in [2.75, 3.05) is 0 Å². The van der Waals surface area contributed by atoms with Crippen molar-refractivity contribution in [3.63, 3.8) is 0 Å². The summed E-state index contributed by atoms with van der Waals surface area (Å²) in [7, 11) is 1.85. The summed E-state index contributed by atoms with van der Waals surface area (Å²) in [4.78, 5) is 4.32. The molecule has 2 heterocycles. The van der Waals surface area contributed by atoms with E-state index in [0.29, 0.717) is 12.2 Å². The average molecular weight is 307 g/mol. The van der Waals surface area contributed by atoms with Gasteiger partial charge in [-0.25, -0.2) is 4.98 Å². The van der Waals surface area contributed by atoms with Crippen LogP contribution in [0.4, 0.5) is 0 Å². The maximum absolute atomic E-state index is 9.69. The van der Waals surface area contributed by atoms with Gasteiger partial charge >= 0.3 is 0 Å². The molecular formula is C18H21N5. The zero-order valence-corrected chi connectivity index (χ0v) is 14.5. The number of aryl methyl sites for hydroxylation is 4. The Bertz CT molecular complexity index is 966. The van der Waals surface area contributed by atoms with E-state index >= 15 is 0 Å². The third-order valence-corrected chi connectivity index (χ3v) is 4.98. The van der Waals surface area contributed by atoms with Gasteiger partial charge in [-0.3, -0.25) is 4.68 Å². The maximum Gasteiger partial charge on any atom is 0.170 e. The lowest BCUT2D eigenvalue weighted by atomic mass is 9.94. The van der Waals surface area contributed by atoms with Crippen LogP contribution < -0.4 is 0 Å². The molecule has 0 saturated heterocycles. The molecule has 0 spiro atoms. The molecule has 23 heavy (non-hydrogen) atoms. The lowest BCUT2D eigenvalue weighted by molar-refractivity contribution is 0.709. The molecule has 0 atom stereocenters. The molecule has 0 N–H and O–H groups in total. The number of rotatable bonds is 2. The minimum atomic E-state index is 0.511. The van der Waals surface area contributed by atoms with E-state index in [1.807, 2.05) is 14.0 Å². The molecule has 0 aliphatic carbocycles. The average Bonchev–Trinajstić information content (AvgIpc) is 3.04. The van der Waals surface area contributed by atoms with Gasteiger partial charge in [-0.05, 0) is 62.4 Å². The monoisotopic (exact) mass is 307 g/mol. The summed E-state index contributed by atoms with van der Waals surface area (Å²) < 4.78 is 3.75. The normalized spacial score (nSPS) is 11.2. The van der Waals surface area contributed by atoms with Crippen molar-refractivity contribution in [3.05, 3.63) is 45.7 Å². The maximum atomic E-state index is 9.69. The fourth-order valence-electron chi connectivity index (χ4n) is 3.42. The molecule has 5 heteroatoms. The van der Waals surface area contributed by atoms with Crippen LogP contribution in [0.1, 0.15) is 39.3 Å². The Morgan fingerprint density at radius 2 is 1.65 bits per heavy atom. The first kappa shape index (κ1) is 15.3. The SMILES string of the molecule is Cc1c(C)c(C)c2c(c1C)c(C)c(C#N)n2Cc1ncn(C)n1. The zero-order valence-electron chi connectivity index (χ0n) is 14.5. The second-order valence-corrected chi connectivity index (χ2v) is 6.23. The minimum absolute atomic E-state index is 0.511. The topological polar surface area (TPSA) is 59.4 Å². The molecule has 0 radical (unpaired) electrons. The molecule has 1 aromatic carbocycles. The van der Waals surface area contributed by atoms with E-state index in [1.54, 1.807) is 11.0 Å². The Hall–Kier alpha value is -2.61. The van der Waals surface area contributed by atoms with E-state index < -0.39 is 0 Å². The van der Waals surface area contributed by atoms with Crippen LogP contribution in [0, 0.1) is 45.9 Å². The van der Waals surface area contributed by atoms with E-state index in [9.17, 15) is 5.26 Å². The van der Waals surface area contributed by atoms with E-state index in [4.69, 9.17) is 0 Å². The third-order valence-electron chi connectivity index (χ3n) is 4.98. The molecule has 0 fully saturated rings. The van der Waals surface area contributed by atoms with Gasteiger partial charge in [-0.1, -0.05) is 0 Å². The van der Waals surface area contributed by atoms with Crippen LogP contribution >= 0.6 is 0 Å². The summed E-state index contributed by atoms with van der Waals surface area (Å²) >= 11 is 0. The molecule has 0 aliphatic heterocycles. The number of nitriles is 1. The number of aromatic nitrogens is 4. The molecule has 2 aromatic heterocycles. The standard InChI is InChI=1S/C18H21N5/c1-10-11(2)13(4)18-17(12(10)3)14(5)15(7-19)23(18)8-16-20-9-22(6)21-16/h9H,8H2,1-6H3. The van der Waals surface area contributed by atoms with Crippen LogP contribution in [0.2, 0.25) is 0 Å². The molecule has 0 bridgehead atoms. The van der Waals surface area contributed by atoms with Crippen LogP contribution in [-0.4, -0.2) is 19.3 Å². The molecular weight excluding hydrogens is 286 g/mol. The molecule has 5 nitrogen and oxygen atoms in total. The Morgan fingerprint density at radius 3 is 2.22 bits per heavy atom. The highest BCUT2D eigenvalue weighted by atomic mass is 15.3. The van der Waals surface area contributed by atoms with Crippen LogP contribution in [0.3, 0.4) is 0 Å². The van der Waals surface area contributed by atoms with Crippen LogP contribution in [0.5, 0.6) is 0 Å². The Labute approximate surface area is 136 Å². The van der Waals surface area contributed by atoms with E-state index in [2.05, 4.69) is 48.4 Å². The highest BCUT2D eigenvalue weighted by Gasteiger charge is 2.21. The van der Waals surface area contributed by atoms with Crippen molar-refractivity contribution in [2.24, 2.45) is 7.05 Å². The van der Waals surface area contributed by atoms with Crippen LogP contribution in [-0.2, 0) is 13.6 Å². The Kier molecular flexibility index (Phi) is 3.48. The first-order chi connectivity index (χ1) is 10.9. The highest BCUT2D eigenvalue weighted by Crippen LogP contribution is 2.35. The number of hydrogen-bond acceptors (Lipinski definition) is 3. The third kappa shape index (κ3) is 2.14. The largest absolute Gasteiger partial charge is 0.324 e. The van der Waals surface area contributed by atoms with Crippen molar-refractivity contribution in [2.45, 2.75) is 41.2 Å². The Morgan fingerprint density at radius 1 is 1.00 bits per heavy atom. The Balaban J connectivity index is 2.39. The molecule has 3 aromatic rings. The van der Waals surface area contributed by atoms with Crippen molar-refractivity contribution in [1.29, 1.82) is 5.26 Å². The van der Waals surface area contributed by atoms with Gasteiger partial charge in [0.05, 0.1) is 12.1 Å². The summed E-state index contributed by atoms with van der Waals surface area (Å²) in [5.41, 5.74) is 7.94. The first-order valence-electron chi connectivity index (χ1n) is 7.70. The van der Waals surface area contributed by atoms with Gasteiger partial charge in [-0.2, -0.15) is 10.4 Å². The second-order valence-electron chi connectivity index (χ2n) is 6.23. The quantitative estimate of drug-likeness (QED) is 0.730. The van der Waals surface area contributed by atoms with E-state index in [-0.39, 0.29) is 0 Å². The van der Waals surface area contributed by atoms with Crippen molar-refractivity contribution in [1.82, 2.24) is 19.3 Å². The second kappa shape index (κ2) is 5.24. The van der Waals surface area contributed by atoms with Gasteiger partial charge in [0, 0.05) is 12.4 Å². The number of hydrogen-bond donors (Lipinski definition) is 0.